The monoisotopic (exact) mass is 217 g/mol. The number of aromatic nitrogens is 1. The second-order valence-electron chi connectivity index (χ2n) is 3.59. The van der Waals surface area contributed by atoms with E-state index in [1.54, 1.807) is 0 Å². The molecule has 2 aromatic heterocycles. The number of rotatable bonds is 3. The van der Waals surface area contributed by atoms with E-state index >= 15 is 0 Å². The SMILES string of the molecule is CCOC(=O)c1c(CC)cc2ccccn12. The molecule has 0 atom stereocenters. The number of aryl methyl sites for hydroxylation is 1. The summed E-state index contributed by atoms with van der Waals surface area (Å²) in [6, 6.07) is 7.90. The van der Waals surface area contributed by atoms with Gasteiger partial charge in [-0.2, -0.15) is 0 Å². The van der Waals surface area contributed by atoms with Crippen LogP contribution in [-0.2, 0) is 11.2 Å². The minimum atomic E-state index is -0.245. The normalized spacial score (nSPS) is 10.6. The Bertz CT molecular complexity index is 514. The lowest BCUT2D eigenvalue weighted by molar-refractivity contribution is 0.0517. The smallest absolute Gasteiger partial charge is 0.355 e. The van der Waals surface area contributed by atoms with Crippen molar-refractivity contribution in [3.8, 4) is 0 Å². The van der Waals surface area contributed by atoms with Gasteiger partial charge in [0.05, 0.1) is 6.61 Å². The Morgan fingerprint density at radius 1 is 1.38 bits per heavy atom. The zero-order valence-electron chi connectivity index (χ0n) is 9.56. The standard InChI is InChI=1S/C13H15NO2/c1-3-10-9-11-7-5-6-8-14(11)12(10)13(15)16-4-2/h5-9H,3-4H2,1-2H3. The van der Waals surface area contributed by atoms with E-state index in [9.17, 15) is 4.79 Å². The highest BCUT2D eigenvalue weighted by atomic mass is 16.5. The lowest BCUT2D eigenvalue weighted by atomic mass is 10.2. The second-order valence-corrected chi connectivity index (χ2v) is 3.59. The lowest BCUT2D eigenvalue weighted by Crippen LogP contribution is -2.10. The molecular weight excluding hydrogens is 202 g/mol. The fourth-order valence-corrected chi connectivity index (χ4v) is 1.88. The molecule has 3 heteroatoms. The second kappa shape index (κ2) is 4.39. The Labute approximate surface area is 94.6 Å². The molecular formula is C13H15NO2. The predicted molar refractivity (Wildman–Crippen MR) is 62.7 cm³/mol. The maximum absolute atomic E-state index is 11.9. The summed E-state index contributed by atoms with van der Waals surface area (Å²) in [6.45, 7) is 4.26. The third kappa shape index (κ3) is 1.69. The van der Waals surface area contributed by atoms with E-state index < -0.39 is 0 Å². The molecule has 0 bridgehead atoms. The summed E-state index contributed by atoms with van der Waals surface area (Å²) in [6.07, 6.45) is 2.72. The fraction of sp³-hybridized carbons (Fsp3) is 0.308. The third-order valence-corrected chi connectivity index (χ3v) is 2.61. The number of esters is 1. The summed E-state index contributed by atoms with van der Waals surface area (Å²) in [5.74, 6) is -0.245. The molecule has 0 amide bonds. The van der Waals surface area contributed by atoms with Crippen LogP contribution in [0.5, 0.6) is 0 Å². The van der Waals surface area contributed by atoms with Crippen molar-refractivity contribution in [3.63, 3.8) is 0 Å². The van der Waals surface area contributed by atoms with Gasteiger partial charge in [0, 0.05) is 11.7 Å². The zero-order valence-corrected chi connectivity index (χ0v) is 9.56. The molecule has 0 unspecified atom stereocenters. The molecule has 3 nitrogen and oxygen atoms in total. The van der Waals surface area contributed by atoms with Crippen LogP contribution in [0, 0.1) is 0 Å². The topological polar surface area (TPSA) is 30.7 Å². The molecule has 0 aliphatic carbocycles. The highest BCUT2D eigenvalue weighted by Gasteiger charge is 2.16. The van der Waals surface area contributed by atoms with Crippen LogP contribution in [0.4, 0.5) is 0 Å². The van der Waals surface area contributed by atoms with Crippen molar-refractivity contribution >= 4 is 11.5 Å². The first-order valence-electron chi connectivity index (χ1n) is 5.54. The van der Waals surface area contributed by atoms with Crippen molar-refractivity contribution < 1.29 is 9.53 Å². The van der Waals surface area contributed by atoms with E-state index in [1.807, 2.05) is 48.7 Å². The Morgan fingerprint density at radius 3 is 2.88 bits per heavy atom. The van der Waals surface area contributed by atoms with Gasteiger partial charge in [0.1, 0.15) is 5.69 Å². The van der Waals surface area contributed by atoms with E-state index in [4.69, 9.17) is 4.74 Å². The quantitative estimate of drug-likeness (QED) is 0.740. The maximum atomic E-state index is 11.9. The lowest BCUT2D eigenvalue weighted by Gasteiger charge is -2.04. The number of ether oxygens (including phenoxy) is 1. The Hall–Kier alpha value is -1.77. The molecule has 2 aromatic rings. The van der Waals surface area contributed by atoms with Crippen LogP contribution < -0.4 is 0 Å². The Morgan fingerprint density at radius 2 is 2.19 bits per heavy atom. The maximum Gasteiger partial charge on any atom is 0.355 e. The van der Waals surface area contributed by atoms with Gasteiger partial charge in [-0.15, -0.1) is 0 Å². The highest BCUT2D eigenvalue weighted by Crippen LogP contribution is 2.18. The minimum Gasteiger partial charge on any atom is -0.461 e. The fourth-order valence-electron chi connectivity index (χ4n) is 1.88. The van der Waals surface area contributed by atoms with Crippen molar-refractivity contribution in [1.82, 2.24) is 4.40 Å². The van der Waals surface area contributed by atoms with Crippen LogP contribution >= 0.6 is 0 Å². The zero-order chi connectivity index (χ0) is 11.5. The predicted octanol–water partition coefficient (Wildman–Crippen LogP) is 2.68. The largest absolute Gasteiger partial charge is 0.461 e. The van der Waals surface area contributed by atoms with E-state index in [0.29, 0.717) is 12.3 Å². The molecule has 0 saturated carbocycles. The number of fused-ring (bicyclic) bond motifs is 1. The molecule has 0 saturated heterocycles. The van der Waals surface area contributed by atoms with Crippen molar-refractivity contribution in [3.05, 3.63) is 41.7 Å². The minimum absolute atomic E-state index is 0.245. The Balaban J connectivity index is 2.60. The van der Waals surface area contributed by atoms with Gasteiger partial charge in [0.2, 0.25) is 0 Å². The van der Waals surface area contributed by atoms with Crippen LogP contribution in [0.3, 0.4) is 0 Å². The van der Waals surface area contributed by atoms with E-state index in [1.165, 1.54) is 0 Å². The molecule has 16 heavy (non-hydrogen) atoms. The van der Waals surface area contributed by atoms with Crippen molar-refractivity contribution in [1.29, 1.82) is 0 Å². The van der Waals surface area contributed by atoms with E-state index in [2.05, 4.69) is 0 Å². The van der Waals surface area contributed by atoms with E-state index in [0.717, 1.165) is 17.5 Å². The van der Waals surface area contributed by atoms with Gasteiger partial charge in [0.25, 0.3) is 0 Å². The average molecular weight is 217 g/mol. The summed E-state index contributed by atoms with van der Waals surface area (Å²) in [5.41, 5.74) is 2.71. The van der Waals surface area contributed by atoms with Crippen LogP contribution in [0.1, 0.15) is 29.9 Å². The molecule has 0 spiro atoms. The van der Waals surface area contributed by atoms with Crippen LogP contribution in [-0.4, -0.2) is 17.0 Å². The van der Waals surface area contributed by atoms with Crippen molar-refractivity contribution in [2.45, 2.75) is 20.3 Å². The molecule has 0 fully saturated rings. The third-order valence-electron chi connectivity index (χ3n) is 2.61. The van der Waals surface area contributed by atoms with Gasteiger partial charge in [0.15, 0.2) is 0 Å². The number of carbonyl (C=O) groups excluding carboxylic acids is 1. The molecule has 2 rings (SSSR count). The van der Waals surface area contributed by atoms with Gasteiger partial charge >= 0.3 is 5.97 Å². The summed E-state index contributed by atoms with van der Waals surface area (Å²) >= 11 is 0. The van der Waals surface area contributed by atoms with Crippen LogP contribution in [0.15, 0.2) is 30.5 Å². The van der Waals surface area contributed by atoms with Crippen molar-refractivity contribution in [2.24, 2.45) is 0 Å². The molecule has 0 radical (unpaired) electrons. The molecule has 84 valence electrons. The highest BCUT2D eigenvalue weighted by molar-refractivity contribution is 5.91. The van der Waals surface area contributed by atoms with Gasteiger partial charge in [-0.1, -0.05) is 13.0 Å². The van der Waals surface area contributed by atoms with Crippen molar-refractivity contribution in [2.75, 3.05) is 6.61 Å². The summed E-state index contributed by atoms with van der Waals surface area (Å²) in [7, 11) is 0. The molecule has 0 aromatic carbocycles. The van der Waals surface area contributed by atoms with Gasteiger partial charge in [-0.3, -0.25) is 0 Å². The Kier molecular flexibility index (Phi) is 2.95. The van der Waals surface area contributed by atoms with Crippen LogP contribution in [0.25, 0.3) is 5.52 Å². The average Bonchev–Trinajstić information content (AvgIpc) is 2.67. The van der Waals surface area contributed by atoms with Gasteiger partial charge in [-0.05, 0) is 37.1 Å². The molecule has 0 N–H and O–H groups in total. The molecule has 0 aliphatic heterocycles. The summed E-state index contributed by atoms with van der Waals surface area (Å²) < 4.78 is 6.96. The number of carbonyl (C=O) groups is 1. The number of hydrogen-bond acceptors (Lipinski definition) is 2. The first-order valence-corrected chi connectivity index (χ1v) is 5.54. The number of pyridine rings is 1. The number of hydrogen-bond donors (Lipinski definition) is 0. The first-order chi connectivity index (χ1) is 7.77. The molecule has 2 heterocycles. The summed E-state index contributed by atoms with van der Waals surface area (Å²) in [4.78, 5) is 11.9. The van der Waals surface area contributed by atoms with E-state index in [-0.39, 0.29) is 5.97 Å². The molecule has 0 aliphatic rings. The summed E-state index contributed by atoms with van der Waals surface area (Å²) in [5, 5.41) is 0. The number of nitrogens with zero attached hydrogens (tertiary/aromatic N) is 1. The van der Waals surface area contributed by atoms with Gasteiger partial charge < -0.3 is 9.14 Å². The first kappa shape index (κ1) is 10.7. The van der Waals surface area contributed by atoms with Gasteiger partial charge in [-0.25, -0.2) is 4.79 Å². The van der Waals surface area contributed by atoms with Crippen LogP contribution in [0.2, 0.25) is 0 Å².